The van der Waals surface area contributed by atoms with E-state index in [1.54, 1.807) is 12.4 Å². The van der Waals surface area contributed by atoms with E-state index in [0.29, 0.717) is 16.2 Å². The van der Waals surface area contributed by atoms with E-state index in [9.17, 15) is 0 Å². The molecule has 4 aromatic heterocycles. The van der Waals surface area contributed by atoms with Gasteiger partial charge >= 0.3 is 0 Å². The highest BCUT2D eigenvalue weighted by molar-refractivity contribution is 7.85. The van der Waals surface area contributed by atoms with Gasteiger partial charge in [-0.15, -0.1) is 0 Å². The van der Waals surface area contributed by atoms with Gasteiger partial charge in [0.1, 0.15) is 10.9 Å². The van der Waals surface area contributed by atoms with E-state index < -0.39 is 7.14 Å². The Kier molecular flexibility index (Phi) is 7.96. The van der Waals surface area contributed by atoms with Crippen LogP contribution in [0.3, 0.4) is 0 Å². The molecule has 0 saturated heterocycles. The molecular formula is C52H37N4OP. The average Bonchev–Trinajstić information content (AvgIpc) is 3.30. The number of hydrogen-bond acceptors (Lipinski definition) is 5. The Bertz CT molecular complexity index is 3420. The van der Waals surface area contributed by atoms with Crippen molar-refractivity contribution in [1.82, 2.24) is 19.9 Å². The van der Waals surface area contributed by atoms with Crippen molar-refractivity contribution in [2.45, 2.75) is 26.7 Å². The lowest BCUT2D eigenvalue weighted by Gasteiger charge is -2.22. The number of nitrogens with zero attached hydrogens (tertiary/aromatic N) is 4. The van der Waals surface area contributed by atoms with Gasteiger partial charge in [-0.25, -0.2) is 9.97 Å². The van der Waals surface area contributed by atoms with Crippen LogP contribution in [0.5, 0.6) is 0 Å². The zero-order valence-electron chi connectivity index (χ0n) is 32.1. The Morgan fingerprint density at radius 1 is 0.414 bits per heavy atom. The number of aromatic nitrogens is 4. The minimum atomic E-state index is -3.69. The topological polar surface area (TPSA) is 68.6 Å². The van der Waals surface area contributed by atoms with E-state index in [1.807, 2.05) is 48.5 Å². The highest BCUT2D eigenvalue weighted by atomic mass is 31.2. The van der Waals surface area contributed by atoms with Crippen LogP contribution in [0.2, 0.25) is 0 Å². The van der Waals surface area contributed by atoms with E-state index in [4.69, 9.17) is 19.9 Å². The van der Waals surface area contributed by atoms with Crippen LogP contribution in [-0.2, 0) is 17.4 Å². The molecule has 0 bridgehead atoms. The second-order valence-electron chi connectivity index (χ2n) is 15.1. The summed E-state index contributed by atoms with van der Waals surface area (Å²) in [4.78, 5) is 19.9. The maximum Gasteiger partial charge on any atom is 0.206 e. The van der Waals surface area contributed by atoms with Crippen molar-refractivity contribution in [2.24, 2.45) is 0 Å². The summed E-state index contributed by atoms with van der Waals surface area (Å²) >= 11 is 0. The molecule has 11 aromatic rings. The Hall–Kier alpha value is -6.81. The van der Waals surface area contributed by atoms with Crippen molar-refractivity contribution >= 4 is 99.2 Å². The summed E-state index contributed by atoms with van der Waals surface area (Å²) in [7, 11) is -3.69. The zero-order chi connectivity index (χ0) is 39.0. The smallest absolute Gasteiger partial charge is 0.206 e. The molecule has 11 rings (SSSR count). The van der Waals surface area contributed by atoms with Gasteiger partial charge in [-0.05, 0) is 110 Å². The molecule has 5 nitrogen and oxygen atoms in total. The van der Waals surface area contributed by atoms with E-state index in [1.165, 1.54) is 43.4 Å². The van der Waals surface area contributed by atoms with Crippen molar-refractivity contribution in [3.8, 4) is 11.1 Å². The molecule has 0 saturated carbocycles. The first-order valence-electron chi connectivity index (χ1n) is 19.9. The lowest BCUT2D eigenvalue weighted by molar-refractivity contribution is 0.591. The van der Waals surface area contributed by atoms with Gasteiger partial charge in [0.25, 0.3) is 0 Å². The van der Waals surface area contributed by atoms with E-state index in [0.717, 1.165) is 67.6 Å². The normalized spacial score (nSPS) is 12.2. The average molecular weight is 765 g/mol. The van der Waals surface area contributed by atoms with Gasteiger partial charge < -0.3 is 4.57 Å². The monoisotopic (exact) mass is 764 g/mol. The largest absolute Gasteiger partial charge is 0.305 e. The first kappa shape index (κ1) is 34.4. The number of hydrogen-bond donors (Lipinski definition) is 0. The van der Waals surface area contributed by atoms with Crippen molar-refractivity contribution < 1.29 is 4.57 Å². The van der Waals surface area contributed by atoms with Crippen LogP contribution in [0.15, 0.2) is 164 Å². The van der Waals surface area contributed by atoms with Crippen LogP contribution in [0.25, 0.3) is 87.1 Å². The molecule has 0 spiro atoms. The van der Waals surface area contributed by atoms with Crippen molar-refractivity contribution in [3.63, 3.8) is 0 Å². The lowest BCUT2D eigenvalue weighted by Crippen LogP contribution is -2.29. The van der Waals surface area contributed by atoms with Crippen LogP contribution >= 0.6 is 7.14 Å². The summed E-state index contributed by atoms with van der Waals surface area (Å²) in [6.07, 6.45) is 5.20. The third-order valence-electron chi connectivity index (χ3n) is 12.0. The molecular weight excluding hydrogens is 728 g/mol. The fourth-order valence-corrected chi connectivity index (χ4v) is 11.5. The Morgan fingerprint density at radius 2 is 0.862 bits per heavy atom. The predicted octanol–water partition coefficient (Wildman–Crippen LogP) is 11.8. The predicted molar refractivity (Wildman–Crippen MR) is 244 cm³/mol. The minimum Gasteiger partial charge on any atom is -0.305 e. The molecule has 0 radical (unpaired) electrons. The van der Waals surface area contributed by atoms with Crippen LogP contribution in [0, 0.1) is 0 Å². The summed E-state index contributed by atoms with van der Waals surface area (Å²) < 4.78 is 16.5. The second kappa shape index (κ2) is 13.4. The number of benzene rings is 7. The van der Waals surface area contributed by atoms with Crippen LogP contribution in [-0.4, -0.2) is 19.9 Å². The molecule has 58 heavy (non-hydrogen) atoms. The first-order valence-corrected chi connectivity index (χ1v) is 21.6. The quantitative estimate of drug-likeness (QED) is 0.125. The van der Waals surface area contributed by atoms with Gasteiger partial charge in [-0.3, -0.25) is 9.97 Å². The zero-order valence-corrected chi connectivity index (χ0v) is 33.0. The standard InChI is InChI=1S/C52H37N4OP/c1-3-32-29-38(23-24-39(32)44-31-46-43-16-8-6-14-41(43)40-13-5-7-15-42(40)45(46)30-33(44)4-2)58(57,47-25-21-36-19-17-34-11-9-27-53-49(34)51(36)55-47)48-26-22-37-20-18-35-12-10-28-54-50(35)52(37)56-48/h5-31H,3-4H2,1-2H3. The van der Waals surface area contributed by atoms with Gasteiger partial charge in [0.15, 0.2) is 0 Å². The number of pyridine rings is 4. The lowest BCUT2D eigenvalue weighted by atomic mass is 9.87. The van der Waals surface area contributed by atoms with Gasteiger partial charge in [0, 0.05) is 39.2 Å². The molecule has 0 unspecified atom stereocenters. The van der Waals surface area contributed by atoms with Crippen molar-refractivity contribution in [2.75, 3.05) is 0 Å². The maximum absolute atomic E-state index is 16.5. The highest BCUT2D eigenvalue weighted by Gasteiger charge is 2.34. The SMILES string of the molecule is CCc1cc(P(=O)(c2ccc3ccc4cccnc4c3n2)c2ccc3ccc4cccnc4c3n2)ccc1-c1cc2c3ccccc3c3ccccc3c2cc1CC. The second-order valence-corrected chi connectivity index (χ2v) is 17.7. The maximum atomic E-state index is 16.5. The van der Waals surface area contributed by atoms with Gasteiger partial charge in [-0.2, -0.15) is 0 Å². The third-order valence-corrected chi connectivity index (χ3v) is 14.7. The molecule has 7 aromatic carbocycles. The molecule has 0 aliphatic carbocycles. The summed E-state index contributed by atoms with van der Waals surface area (Å²) in [6, 6.07) is 52.7. The van der Waals surface area contributed by atoms with E-state index in [-0.39, 0.29) is 0 Å². The summed E-state index contributed by atoms with van der Waals surface area (Å²) in [5, 5.41) is 12.1. The highest BCUT2D eigenvalue weighted by Crippen LogP contribution is 2.45. The first-order chi connectivity index (χ1) is 28.5. The minimum absolute atomic E-state index is 0.478. The Labute approximate surface area is 335 Å². The molecule has 0 fully saturated rings. The Morgan fingerprint density at radius 3 is 1.38 bits per heavy atom. The van der Waals surface area contributed by atoms with Gasteiger partial charge in [0.05, 0.1) is 22.1 Å². The van der Waals surface area contributed by atoms with Gasteiger partial charge in [-0.1, -0.05) is 123 Å². The number of fused-ring (bicyclic) bond motifs is 12. The van der Waals surface area contributed by atoms with Crippen molar-refractivity contribution in [3.05, 3.63) is 175 Å². The van der Waals surface area contributed by atoms with Crippen LogP contribution < -0.4 is 16.2 Å². The molecule has 276 valence electrons. The molecule has 4 heterocycles. The van der Waals surface area contributed by atoms with Crippen LogP contribution in [0.4, 0.5) is 0 Å². The molecule has 0 atom stereocenters. The molecule has 0 N–H and O–H groups in total. The molecule has 0 aliphatic rings. The number of rotatable bonds is 6. The van der Waals surface area contributed by atoms with E-state index >= 15 is 4.57 Å². The van der Waals surface area contributed by atoms with E-state index in [2.05, 4.69) is 117 Å². The van der Waals surface area contributed by atoms with Crippen molar-refractivity contribution in [1.29, 1.82) is 0 Å². The molecule has 0 aliphatic heterocycles. The molecule has 6 heteroatoms. The Balaban J connectivity index is 1.16. The summed E-state index contributed by atoms with van der Waals surface area (Å²) in [5.41, 5.74) is 8.72. The van der Waals surface area contributed by atoms with Crippen LogP contribution in [0.1, 0.15) is 25.0 Å². The third kappa shape index (κ3) is 5.20. The van der Waals surface area contributed by atoms with Gasteiger partial charge in [0.2, 0.25) is 7.14 Å². The number of aryl methyl sites for hydroxylation is 2. The summed E-state index contributed by atoms with van der Waals surface area (Å²) in [5.74, 6) is 0. The summed E-state index contributed by atoms with van der Waals surface area (Å²) in [6.45, 7) is 4.41. The molecule has 0 amide bonds. The fourth-order valence-electron chi connectivity index (χ4n) is 9.03. The fraction of sp³-hybridized carbons (Fsp3) is 0.0769.